The van der Waals surface area contributed by atoms with Crippen molar-refractivity contribution in [3.63, 3.8) is 0 Å². The van der Waals surface area contributed by atoms with Crippen LogP contribution >= 0.6 is 12.4 Å². The van der Waals surface area contributed by atoms with Gasteiger partial charge in [0.2, 0.25) is 5.91 Å². The van der Waals surface area contributed by atoms with Crippen LogP contribution in [0.25, 0.3) is 0 Å². The molecule has 2 heterocycles. The molecule has 26 heavy (non-hydrogen) atoms. The van der Waals surface area contributed by atoms with Crippen molar-refractivity contribution in [3.8, 4) is 0 Å². The number of esters is 1. The molecule has 0 radical (unpaired) electrons. The van der Waals surface area contributed by atoms with Gasteiger partial charge in [0.25, 0.3) is 0 Å². The summed E-state index contributed by atoms with van der Waals surface area (Å²) in [4.78, 5) is 24.7. The van der Waals surface area contributed by atoms with Crippen LogP contribution in [0.15, 0.2) is 30.3 Å². The number of carbonyl (C=O) groups is 2. The Kier molecular flexibility index (Phi) is 7.47. The van der Waals surface area contributed by atoms with Crippen LogP contribution in [0, 0.1) is 11.8 Å². The number of rotatable bonds is 6. The van der Waals surface area contributed by atoms with E-state index in [9.17, 15) is 9.59 Å². The smallest absolute Gasteiger partial charge is 0.310 e. The van der Waals surface area contributed by atoms with E-state index in [-0.39, 0.29) is 30.3 Å². The van der Waals surface area contributed by atoms with Crippen LogP contribution < -0.4 is 10.6 Å². The summed E-state index contributed by atoms with van der Waals surface area (Å²) in [5, 5.41) is 6.69. The highest BCUT2D eigenvalue weighted by Crippen LogP contribution is 2.33. The normalized spacial score (nSPS) is 26.3. The van der Waals surface area contributed by atoms with Crippen molar-refractivity contribution in [2.24, 2.45) is 11.8 Å². The summed E-state index contributed by atoms with van der Waals surface area (Å²) in [5.41, 5.74) is 0.930. The Morgan fingerprint density at radius 3 is 2.38 bits per heavy atom. The maximum atomic E-state index is 12.7. The molecule has 2 saturated heterocycles. The molecular weight excluding hydrogens is 352 g/mol. The maximum Gasteiger partial charge on any atom is 0.310 e. The second kappa shape index (κ2) is 9.38. The van der Waals surface area contributed by atoms with Crippen molar-refractivity contribution < 1.29 is 14.3 Å². The summed E-state index contributed by atoms with van der Waals surface area (Å²) in [6.45, 7) is 1.80. The summed E-state index contributed by atoms with van der Waals surface area (Å²) in [6.07, 6.45) is 5.15. The van der Waals surface area contributed by atoms with E-state index in [1.807, 2.05) is 30.3 Å². The van der Waals surface area contributed by atoms with Crippen LogP contribution in [0.3, 0.4) is 0 Å². The first-order valence-corrected chi connectivity index (χ1v) is 9.25. The molecular formula is C20H29ClN2O3. The third-order valence-corrected chi connectivity index (χ3v) is 5.59. The lowest BCUT2D eigenvalue weighted by atomic mass is 9.88. The van der Waals surface area contributed by atoms with Crippen LogP contribution in [0.1, 0.15) is 50.6 Å². The number of amides is 1. The number of nitrogens with one attached hydrogen (secondary N) is 2. The number of carbonyl (C=O) groups excluding carboxylic acids is 2. The zero-order chi connectivity index (χ0) is 17.8. The van der Waals surface area contributed by atoms with Crippen molar-refractivity contribution in [2.75, 3.05) is 7.11 Å². The fourth-order valence-corrected chi connectivity index (χ4v) is 4.32. The molecule has 0 spiro atoms. The van der Waals surface area contributed by atoms with Crippen molar-refractivity contribution >= 4 is 24.3 Å². The summed E-state index contributed by atoms with van der Waals surface area (Å²) >= 11 is 0. The fraction of sp³-hybridized carbons (Fsp3) is 0.600. The Balaban J connectivity index is 0.00000243. The molecule has 2 aliphatic heterocycles. The van der Waals surface area contributed by atoms with E-state index >= 15 is 0 Å². The van der Waals surface area contributed by atoms with E-state index in [1.54, 1.807) is 6.92 Å². The number of methoxy groups -OCH3 is 1. The predicted molar refractivity (Wildman–Crippen MR) is 103 cm³/mol. The molecule has 2 aliphatic rings. The van der Waals surface area contributed by atoms with Crippen LogP contribution in [0.4, 0.5) is 0 Å². The predicted octanol–water partition coefficient (Wildman–Crippen LogP) is 3.00. The van der Waals surface area contributed by atoms with Crippen molar-refractivity contribution in [3.05, 3.63) is 35.9 Å². The number of ether oxygens (including phenoxy) is 1. The SMILES string of the molecule is COC(=O)C(C)C(NC(=O)CC1CC2CCC(C1)N2)c1ccccc1.Cl. The molecule has 4 atom stereocenters. The Hall–Kier alpha value is -1.59. The number of fused-ring (bicyclic) bond motifs is 2. The van der Waals surface area contributed by atoms with Gasteiger partial charge in [-0.15, -0.1) is 12.4 Å². The van der Waals surface area contributed by atoms with Crippen LogP contribution in [-0.4, -0.2) is 31.1 Å². The highest BCUT2D eigenvalue weighted by molar-refractivity contribution is 5.85. The number of hydrogen-bond donors (Lipinski definition) is 2. The molecule has 6 heteroatoms. The van der Waals surface area contributed by atoms with Crippen LogP contribution in [-0.2, 0) is 14.3 Å². The lowest BCUT2D eigenvalue weighted by Gasteiger charge is -2.30. The molecule has 1 aromatic rings. The third-order valence-electron chi connectivity index (χ3n) is 5.59. The summed E-state index contributed by atoms with van der Waals surface area (Å²) in [6, 6.07) is 10.4. The first-order chi connectivity index (χ1) is 12.1. The van der Waals surface area contributed by atoms with Crippen molar-refractivity contribution in [1.29, 1.82) is 0 Å². The molecule has 3 rings (SSSR count). The second-order valence-electron chi connectivity index (χ2n) is 7.45. The van der Waals surface area contributed by atoms with E-state index in [1.165, 1.54) is 20.0 Å². The molecule has 1 aromatic carbocycles. The van der Waals surface area contributed by atoms with Gasteiger partial charge in [0, 0.05) is 18.5 Å². The van der Waals surface area contributed by atoms with Crippen LogP contribution in [0.5, 0.6) is 0 Å². The van der Waals surface area contributed by atoms with E-state index in [4.69, 9.17) is 4.74 Å². The van der Waals surface area contributed by atoms with E-state index < -0.39 is 5.92 Å². The van der Waals surface area contributed by atoms with E-state index in [0.29, 0.717) is 24.4 Å². The molecule has 2 fully saturated rings. The third kappa shape index (κ3) is 4.98. The fourth-order valence-electron chi connectivity index (χ4n) is 4.32. The molecule has 0 saturated carbocycles. The number of benzene rings is 1. The molecule has 144 valence electrons. The minimum absolute atomic E-state index is 0. The van der Waals surface area contributed by atoms with Crippen LogP contribution in [0.2, 0.25) is 0 Å². The molecule has 2 bridgehead atoms. The average molecular weight is 381 g/mol. The monoisotopic (exact) mass is 380 g/mol. The van der Waals surface area contributed by atoms with Gasteiger partial charge in [0.05, 0.1) is 19.1 Å². The van der Waals surface area contributed by atoms with Gasteiger partial charge < -0.3 is 15.4 Å². The van der Waals surface area contributed by atoms with Crippen molar-refractivity contribution in [2.45, 2.75) is 57.2 Å². The minimum Gasteiger partial charge on any atom is -0.469 e. The largest absolute Gasteiger partial charge is 0.469 e. The Morgan fingerprint density at radius 2 is 1.81 bits per heavy atom. The van der Waals surface area contributed by atoms with Gasteiger partial charge in [0.1, 0.15) is 0 Å². The van der Waals surface area contributed by atoms with Gasteiger partial charge in [-0.1, -0.05) is 30.3 Å². The molecule has 2 N–H and O–H groups in total. The highest BCUT2D eigenvalue weighted by Gasteiger charge is 2.35. The van der Waals surface area contributed by atoms with Gasteiger partial charge in [-0.25, -0.2) is 0 Å². The number of hydrogen-bond acceptors (Lipinski definition) is 4. The minimum atomic E-state index is -0.430. The summed E-state index contributed by atoms with van der Waals surface area (Å²) in [5.74, 6) is -0.283. The lowest BCUT2D eigenvalue weighted by molar-refractivity contribution is -0.146. The zero-order valence-electron chi connectivity index (χ0n) is 15.4. The summed E-state index contributed by atoms with van der Waals surface area (Å²) < 4.78 is 4.88. The van der Waals surface area contributed by atoms with E-state index in [2.05, 4.69) is 10.6 Å². The molecule has 5 nitrogen and oxygen atoms in total. The standard InChI is InChI=1S/C20H28N2O3.ClH/c1-13(20(24)25-2)19(15-6-4-3-5-7-15)22-18(23)12-14-10-16-8-9-17(11-14)21-16;/h3-7,13-14,16-17,19,21H,8-12H2,1-2H3,(H,22,23);1H. The Labute approximate surface area is 161 Å². The molecule has 0 aromatic heterocycles. The molecule has 0 aliphatic carbocycles. The van der Waals surface area contributed by atoms with E-state index in [0.717, 1.165) is 18.4 Å². The van der Waals surface area contributed by atoms with Gasteiger partial charge in [-0.2, -0.15) is 0 Å². The van der Waals surface area contributed by atoms with Gasteiger partial charge >= 0.3 is 5.97 Å². The first-order valence-electron chi connectivity index (χ1n) is 9.25. The average Bonchev–Trinajstić information content (AvgIpc) is 2.97. The lowest BCUT2D eigenvalue weighted by Crippen LogP contribution is -2.41. The van der Waals surface area contributed by atoms with Gasteiger partial charge in [-0.3, -0.25) is 9.59 Å². The zero-order valence-corrected chi connectivity index (χ0v) is 16.3. The maximum absolute atomic E-state index is 12.7. The van der Waals surface area contributed by atoms with Crippen molar-refractivity contribution in [1.82, 2.24) is 10.6 Å². The van der Waals surface area contributed by atoms with Gasteiger partial charge in [0.15, 0.2) is 0 Å². The number of halogens is 1. The second-order valence-corrected chi connectivity index (χ2v) is 7.45. The highest BCUT2D eigenvalue weighted by atomic mass is 35.5. The topological polar surface area (TPSA) is 67.4 Å². The van der Waals surface area contributed by atoms with Gasteiger partial charge in [-0.05, 0) is 44.1 Å². The molecule has 1 amide bonds. The molecule has 4 unspecified atom stereocenters. The summed E-state index contributed by atoms with van der Waals surface area (Å²) in [7, 11) is 1.38. The quantitative estimate of drug-likeness (QED) is 0.744. The Morgan fingerprint density at radius 1 is 1.19 bits per heavy atom. The Bertz CT molecular complexity index is 598. The number of piperidine rings is 1. The first kappa shape index (κ1) is 20.7.